The normalized spacial score (nSPS) is 19.1. The molecule has 0 radical (unpaired) electrons. The summed E-state index contributed by atoms with van der Waals surface area (Å²) in [6, 6.07) is 4.16. The molecule has 0 bridgehead atoms. The summed E-state index contributed by atoms with van der Waals surface area (Å²) in [5.41, 5.74) is -0.927. The maximum atomic E-state index is 9.60. The van der Waals surface area contributed by atoms with Crippen LogP contribution in [0.2, 0.25) is 0 Å². The van der Waals surface area contributed by atoms with Gasteiger partial charge in [-0.15, -0.1) is 11.3 Å². The standard InChI is InChI=1S/C16H23NO2S/c1-16(2,18)8-6-14-4-5-15(20-14)11-17(3)10-13-7-9-19-12-13/h4-5,13,18H,7,9-12H2,1-3H3. The summed E-state index contributed by atoms with van der Waals surface area (Å²) in [6.07, 6.45) is 1.18. The summed E-state index contributed by atoms with van der Waals surface area (Å²) in [5, 5.41) is 9.60. The van der Waals surface area contributed by atoms with Gasteiger partial charge in [-0.3, -0.25) is 0 Å². The van der Waals surface area contributed by atoms with Crippen molar-refractivity contribution in [2.45, 2.75) is 32.4 Å². The van der Waals surface area contributed by atoms with Crippen molar-refractivity contribution in [3.8, 4) is 11.8 Å². The molecule has 0 aromatic carbocycles. The quantitative estimate of drug-likeness (QED) is 0.865. The second kappa shape index (κ2) is 6.73. The van der Waals surface area contributed by atoms with Crippen LogP contribution < -0.4 is 0 Å². The van der Waals surface area contributed by atoms with Gasteiger partial charge in [0.2, 0.25) is 0 Å². The first-order valence-electron chi connectivity index (χ1n) is 7.03. The van der Waals surface area contributed by atoms with Crippen molar-refractivity contribution in [2.75, 3.05) is 26.8 Å². The number of rotatable bonds is 4. The van der Waals surface area contributed by atoms with E-state index in [0.717, 1.165) is 31.2 Å². The Labute approximate surface area is 125 Å². The van der Waals surface area contributed by atoms with Crippen molar-refractivity contribution in [1.82, 2.24) is 4.90 Å². The molecule has 1 aromatic rings. The summed E-state index contributed by atoms with van der Waals surface area (Å²) in [5.74, 6) is 6.56. The highest BCUT2D eigenvalue weighted by Gasteiger charge is 2.17. The molecule has 0 spiro atoms. The van der Waals surface area contributed by atoms with Gasteiger partial charge in [0.1, 0.15) is 5.60 Å². The lowest BCUT2D eigenvalue weighted by Crippen LogP contribution is -2.25. The lowest BCUT2D eigenvalue weighted by atomic mass is 10.1. The molecule has 0 amide bonds. The van der Waals surface area contributed by atoms with Crippen LogP contribution in [0.3, 0.4) is 0 Å². The Morgan fingerprint density at radius 3 is 2.95 bits per heavy atom. The third-order valence-electron chi connectivity index (χ3n) is 3.17. The Kier molecular flexibility index (Phi) is 5.22. The van der Waals surface area contributed by atoms with Crippen LogP contribution in [0.5, 0.6) is 0 Å². The fourth-order valence-corrected chi connectivity index (χ4v) is 3.18. The zero-order valence-corrected chi connectivity index (χ0v) is 13.3. The van der Waals surface area contributed by atoms with Gasteiger partial charge in [0.05, 0.1) is 11.5 Å². The molecule has 0 saturated carbocycles. The number of nitrogens with zero attached hydrogens (tertiary/aromatic N) is 1. The zero-order valence-electron chi connectivity index (χ0n) is 12.5. The minimum Gasteiger partial charge on any atom is -0.381 e. The molecule has 1 aliphatic rings. The molecule has 1 unspecified atom stereocenters. The highest BCUT2D eigenvalue weighted by Crippen LogP contribution is 2.19. The van der Waals surface area contributed by atoms with E-state index in [1.807, 2.05) is 6.07 Å². The minimum atomic E-state index is -0.927. The van der Waals surface area contributed by atoms with Crippen LogP contribution in [0.25, 0.3) is 0 Å². The van der Waals surface area contributed by atoms with Crippen LogP contribution in [0.1, 0.15) is 30.0 Å². The molecule has 1 fully saturated rings. The van der Waals surface area contributed by atoms with E-state index in [1.54, 1.807) is 25.2 Å². The molecule has 2 heterocycles. The second-order valence-electron chi connectivity index (χ2n) is 6.00. The van der Waals surface area contributed by atoms with E-state index in [2.05, 4.69) is 29.9 Å². The number of thiophene rings is 1. The average molecular weight is 293 g/mol. The van der Waals surface area contributed by atoms with Gasteiger partial charge < -0.3 is 14.7 Å². The molecular weight excluding hydrogens is 270 g/mol. The molecule has 110 valence electrons. The molecule has 1 N–H and O–H groups in total. The molecule has 2 rings (SSSR count). The van der Waals surface area contributed by atoms with E-state index in [1.165, 1.54) is 11.3 Å². The summed E-state index contributed by atoms with van der Waals surface area (Å²) in [6.45, 7) is 7.25. The Hall–Kier alpha value is -0.860. The van der Waals surface area contributed by atoms with Crippen molar-refractivity contribution in [3.63, 3.8) is 0 Å². The van der Waals surface area contributed by atoms with Crippen molar-refractivity contribution < 1.29 is 9.84 Å². The van der Waals surface area contributed by atoms with Gasteiger partial charge in [-0.1, -0.05) is 11.8 Å². The largest absolute Gasteiger partial charge is 0.381 e. The van der Waals surface area contributed by atoms with Crippen LogP contribution in [0.15, 0.2) is 12.1 Å². The predicted octanol–water partition coefficient (Wildman–Crippen LogP) is 2.34. The summed E-state index contributed by atoms with van der Waals surface area (Å²) >= 11 is 1.70. The smallest absolute Gasteiger partial charge is 0.120 e. The molecule has 1 atom stereocenters. The third kappa shape index (κ3) is 5.26. The van der Waals surface area contributed by atoms with Gasteiger partial charge in [0, 0.05) is 24.6 Å². The van der Waals surface area contributed by atoms with E-state index in [9.17, 15) is 5.11 Å². The number of hydrogen-bond donors (Lipinski definition) is 1. The monoisotopic (exact) mass is 293 g/mol. The molecule has 4 heteroatoms. The van der Waals surface area contributed by atoms with Crippen LogP contribution in [0.4, 0.5) is 0 Å². The van der Waals surface area contributed by atoms with Gasteiger partial charge in [-0.25, -0.2) is 0 Å². The summed E-state index contributed by atoms with van der Waals surface area (Å²) < 4.78 is 5.41. The Bertz CT molecular complexity index is 487. The molecule has 1 aliphatic heterocycles. The lowest BCUT2D eigenvalue weighted by molar-refractivity contribution is 0.143. The number of hydrogen-bond acceptors (Lipinski definition) is 4. The number of aliphatic hydroxyl groups is 1. The maximum Gasteiger partial charge on any atom is 0.120 e. The summed E-state index contributed by atoms with van der Waals surface area (Å²) in [4.78, 5) is 4.67. The first-order valence-corrected chi connectivity index (χ1v) is 7.84. The van der Waals surface area contributed by atoms with E-state index >= 15 is 0 Å². The van der Waals surface area contributed by atoms with Crippen molar-refractivity contribution in [3.05, 3.63) is 21.9 Å². The average Bonchev–Trinajstić information content (AvgIpc) is 2.97. The Balaban J connectivity index is 1.86. The van der Waals surface area contributed by atoms with Gasteiger partial charge in [0.25, 0.3) is 0 Å². The SMILES string of the molecule is CN(Cc1ccc(C#CC(C)(C)O)s1)CC1CCOC1. The zero-order chi connectivity index (χ0) is 14.6. The van der Waals surface area contributed by atoms with E-state index < -0.39 is 5.60 Å². The summed E-state index contributed by atoms with van der Waals surface area (Å²) in [7, 11) is 2.15. The Morgan fingerprint density at radius 2 is 2.30 bits per heavy atom. The topological polar surface area (TPSA) is 32.7 Å². The molecule has 0 aliphatic carbocycles. The van der Waals surface area contributed by atoms with Crippen LogP contribution in [0, 0.1) is 17.8 Å². The maximum absolute atomic E-state index is 9.60. The molecule has 1 aromatic heterocycles. The van der Waals surface area contributed by atoms with E-state index in [0.29, 0.717) is 5.92 Å². The predicted molar refractivity (Wildman–Crippen MR) is 82.8 cm³/mol. The third-order valence-corrected chi connectivity index (χ3v) is 4.16. The van der Waals surface area contributed by atoms with Gasteiger partial charge in [-0.2, -0.15) is 0 Å². The molecule has 1 saturated heterocycles. The van der Waals surface area contributed by atoms with Crippen LogP contribution >= 0.6 is 11.3 Å². The van der Waals surface area contributed by atoms with E-state index in [4.69, 9.17) is 4.74 Å². The van der Waals surface area contributed by atoms with Crippen LogP contribution in [-0.2, 0) is 11.3 Å². The van der Waals surface area contributed by atoms with E-state index in [-0.39, 0.29) is 0 Å². The van der Waals surface area contributed by atoms with Crippen LogP contribution in [-0.4, -0.2) is 42.4 Å². The molecule has 20 heavy (non-hydrogen) atoms. The lowest BCUT2D eigenvalue weighted by Gasteiger charge is -2.18. The highest BCUT2D eigenvalue weighted by atomic mass is 32.1. The van der Waals surface area contributed by atoms with Crippen molar-refractivity contribution in [2.24, 2.45) is 5.92 Å². The number of ether oxygens (including phenoxy) is 1. The van der Waals surface area contributed by atoms with Crippen molar-refractivity contribution in [1.29, 1.82) is 0 Å². The fourth-order valence-electron chi connectivity index (χ4n) is 2.24. The first kappa shape index (κ1) is 15.5. The molecule has 3 nitrogen and oxygen atoms in total. The molecular formula is C16H23NO2S. The van der Waals surface area contributed by atoms with Gasteiger partial charge in [-0.05, 0) is 45.4 Å². The fraction of sp³-hybridized carbons (Fsp3) is 0.625. The Morgan fingerprint density at radius 1 is 1.50 bits per heavy atom. The minimum absolute atomic E-state index is 0.675. The van der Waals surface area contributed by atoms with Gasteiger partial charge >= 0.3 is 0 Å². The van der Waals surface area contributed by atoms with Crippen molar-refractivity contribution >= 4 is 11.3 Å². The highest BCUT2D eigenvalue weighted by molar-refractivity contribution is 7.12. The first-order chi connectivity index (χ1) is 9.42. The van der Waals surface area contributed by atoms with Gasteiger partial charge in [0.15, 0.2) is 0 Å². The second-order valence-corrected chi connectivity index (χ2v) is 7.17.